The van der Waals surface area contributed by atoms with E-state index in [1.807, 2.05) is 0 Å². The number of rotatable bonds is 8. The third-order valence-corrected chi connectivity index (χ3v) is 15.6. The van der Waals surface area contributed by atoms with Gasteiger partial charge in [-0.2, -0.15) is 0 Å². The highest BCUT2D eigenvalue weighted by atomic mass is 15.1. The SMILES string of the molecule is C/C=C\C1=C(CN(c2cccc(C3=Cc4ccc5c(c4CC3)CCC=C5)c2)c2ccc3c(c2)C(c2ccccc2)(c2ccccc2)c2ccccc2-3)C2(CCCCC2)c2ccccc21. The third kappa shape index (κ3) is 6.04. The first-order valence-electron chi connectivity index (χ1n) is 23.9. The highest BCUT2D eigenvalue weighted by Crippen LogP contribution is 2.58. The van der Waals surface area contributed by atoms with Crippen molar-refractivity contribution in [3.63, 3.8) is 0 Å². The van der Waals surface area contributed by atoms with Gasteiger partial charge in [0.15, 0.2) is 0 Å². The van der Waals surface area contributed by atoms with Gasteiger partial charge in [-0.05, 0) is 159 Å². The molecule has 1 spiro atoms. The van der Waals surface area contributed by atoms with Gasteiger partial charge in [0.1, 0.15) is 0 Å². The summed E-state index contributed by atoms with van der Waals surface area (Å²) >= 11 is 0. The molecule has 0 aromatic heterocycles. The van der Waals surface area contributed by atoms with E-state index in [4.69, 9.17) is 0 Å². The van der Waals surface area contributed by atoms with Crippen molar-refractivity contribution in [1.82, 2.24) is 0 Å². The molecule has 0 heterocycles. The maximum Gasteiger partial charge on any atom is 0.0714 e. The quantitative estimate of drug-likeness (QED) is 0.148. The number of anilines is 2. The van der Waals surface area contributed by atoms with E-state index in [2.05, 4.69) is 206 Å². The fraction of sp³-hybridized carbons (Fsp3) is 0.206. The first-order chi connectivity index (χ1) is 31.7. The minimum atomic E-state index is -0.475. The van der Waals surface area contributed by atoms with Crippen molar-refractivity contribution >= 4 is 34.7 Å². The zero-order valence-electron chi connectivity index (χ0n) is 37.0. The van der Waals surface area contributed by atoms with Crippen LogP contribution in [0.4, 0.5) is 11.4 Å². The molecule has 1 heteroatoms. The molecule has 0 saturated heterocycles. The van der Waals surface area contributed by atoms with Crippen molar-refractivity contribution in [3.8, 4) is 11.1 Å². The summed E-state index contributed by atoms with van der Waals surface area (Å²) in [5.74, 6) is 0. The fourth-order valence-corrected chi connectivity index (χ4v) is 12.8. The van der Waals surface area contributed by atoms with Crippen LogP contribution in [-0.4, -0.2) is 6.54 Å². The van der Waals surface area contributed by atoms with Crippen LogP contribution in [0.25, 0.3) is 34.4 Å². The Labute approximate surface area is 379 Å². The van der Waals surface area contributed by atoms with Crippen LogP contribution >= 0.6 is 0 Å². The van der Waals surface area contributed by atoms with Gasteiger partial charge in [-0.25, -0.2) is 0 Å². The Morgan fingerprint density at radius 1 is 0.547 bits per heavy atom. The van der Waals surface area contributed by atoms with E-state index >= 15 is 0 Å². The van der Waals surface area contributed by atoms with Gasteiger partial charge in [-0.15, -0.1) is 0 Å². The lowest BCUT2D eigenvalue weighted by atomic mass is 9.66. The normalized spacial score (nSPS) is 17.4. The number of allylic oxidation sites excluding steroid dienone is 5. The molecule has 64 heavy (non-hydrogen) atoms. The summed E-state index contributed by atoms with van der Waals surface area (Å²) in [7, 11) is 0. The number of benzene rings is 7. The molecular formula is C63H55N. The van der Waals surface area contributed by atoms with Gasteiger partial charge >= 0.3 is 0 Å². The summed E-state index contributed by atoms with van der Waals surface area (Å²) in [5, 5.41) is 0. The second kappa shape index (κ2) is 15.8. The summed E-state index contributed by atoms with van der Waals surface area (Å²) in [6.45, 7) is 3.00. The molecule has 1 fully saturated rings. The molecule has 1 nitrogen and oxygen atoms in total. The van der Waals surface area contributed by atoms with Crippen molar-refractivity contribution in [2.24, 2.45) is 0 Å². The van der Waals surface area contributed by atoms with Crippen LogP contribution in [0.3, 0.4) is 0 Å². The Kier molecular flexibility index (Phi) is 9.63. The topological polar surface area (TPSA) is 3.24 Å². The highest BCUT2D eigenvalue weighted by molar-refractivity contribution is 5.91. The number of hydrogen-bond acceptors (Lipinski definition) is 1. The molecule has 5 aliphatic rings. The van der Waals surface area contributed by atoms with Crippen LogP contribution in [0.5, 0.6) is 0 Å². The molecule has 0 unspecified atom stereocenters. The van der Waals surface area contributed by atoms with E-state index in [1.165, 1.54) is 116 Å². The van der Waals surface area contributed by atoms with Gasteiger partial charge in [0.25, 0.3) is 0 Å². The van der Waals surface area contributed by atoms with E-state index in [-0.39, 0.29) is 5.41 Å². The van der Waals surface area contributed by atoms with Crippen LogP contribution in [0, 0.1) is 0 Å². The zero-order valence-corrected chi connectivity index (χ0v) is 37.0. The van der Waals surface area contributed by atoms with Gasteiger partial charge in [0.2, 0.25) is 0 Å². The molecule has 12 rings (SSSR count). The molecule has 312 valence electrons. The lowest BCUT2D eigenvalue weighted by Gasteiger charge is -2.40. The molecule has 1 saturated carbocycles. The Balaban J connectivity index is 1.07. The third-order valence-electron chi connectivity index (χ3n) is 15.6. The smallest absolute Gasteiger partial charge is 0.0714 e. The number of hydrogen-bond donors (Lipinski definition) is 0. The molecule has 7 aromatic rings. The Morgan fingerprint density at radius 2 is 1.22 bits per heavy atom. The van der Waals surface area contributed by atoms with Gasteiger partial charge in [-0.3, -0.25) is 0 Å². The monoisotopic (exact) mass is 825 g/mol. The van der Waals surface area contributed by atoms with Gasteiger partial charge < -0.3 is 4.90 Å². The summed E-state index contributed by atoms with van der Waals surface area (Å²) in [6, 6.07) is 62.7. The molecule has 0 bridgehead atoms. The van der Waals surface area contributed by atoms with Crippen LogP contribution in [-0.2, 0) is 23.7 Å². The molecule has 0 N–H and O–H groups in total. The maximum atomic E-state index is 2.69. The lowest BCUT2D eigenvalue weighted by Crippen LogP contribution is -2.35. The Bertz CT molecular complexity index is 3020. The van der Waals surface area contributed by atoms with Gasteiger partial charge in [0.05, 0.1) is 5.41 Å². The molecule has 0 aliphatic heterocycles. The second-order valence-corrected chi connectivity index (χ2v) is 18.8. The Hall–Kier alpha value is -6.70. The largest absolute Gasteiger partial charge is 0.337 e. The van der Waals surface area contributed by atoms with E-state index < -0.39 is 5.41 Å². The lowest BCUT2D eigenvalue weighted by molar-refractivity contribution is 0.342. The van der Waals surface area contributed by atoms with Crippen molar-refractivity contribution in [3.05, 3.63) is 249 Å². The summed E-state index contributed by atoms with van der Waals surface area (Å²) < 4.78 is 0. The summed E-state index contributed by atoms with van der Waals surface area (Å²) in [6.07, 6.45) is 22.5. The van der Waals surface area contributed by atoms with E-state index in [0.29, 0.717) is 0 Å². The first kappa shape index (κ1) is 38.9. The molecule has 0 atom stereocenters. The molecule has 0 amide bonds. The molecule has 0 radical (unpaired) electrons. The number of fused-ring (bicyclic) bond motifs is 8. The van der Waals surface area contributed by atoms with Crippen molar-refractivity contribution in [2.45, 2.75) is 75.5 Å². The Morgan fingerprint density at radius 3 is 2.00 bits per heavy atom. The molecule has 5 aliphatic carbocycles. The van der Waals surface area contributed by atoms with E-state index in [1.54, 1.807) is 16.7 Å². The molecular weight excluding hydrogens is 771 g/mol. The second-order valence-electron chi connectivity index (χ2n) is 18.8. The predicted octanol–water partition coefficient (Wildman–Crippen LogP) is 15.9. The number of nitrogens with zero attached hydrogens (tertiary/aromatic N) is 1. The highest BCUT2D eigenvalue weighted by Gasteiger charge is 2.48. The van der Waals surface area contributed by atoms with E-state index in [0.717, 1.165) is 32.2 Å². The van der Waals surface area contributed by atoms with Gasteiger partial charge in [-0.1, -0.05) is 189 Å². The first-order valence-corrected chi connectivity index (χ1v) is 23.9. The summed E-state index contributed by atoms with van der Waals surface area (Å²) in [5.41, 5.74) is 24.6. The maximum absolute atomic E-state index is 2.69. The standard InChI is InChI=1S/C63H55N/c1-2-19-54-55-28-12-14-30-58(55)62(38-16-5-17-39-62)61(54)43-64(50-26-18-21-45(41-50)46-34-36-53-47(40-46)33-32-44-20-10-11-27-52(44)53)51-35-37-57-56-29-13-15-31-59(56)63(60(57)42-51,48-22-6-3-7-23-48)49-24-8-4-9-25-49/h2-4,6-10,12-15,18-26,28-33,35,37,40-42H,5,11,16-17,27,34,36,38-39,43H2,1H3/b19-2-. The average molecular weight is 826 g/mol. The predicted molar refractivity (Wildman–Crippen MR) is 270 cm³/mol. The van der Waals surface area contributed by atoms with Crippen molar-refractivity contribution in [2.75, 3.05) is 11.4 Å². The van der Waals surface area contributed by atoms with Gasteiger partial charge in [0, 0.05) is 23.3 Å². The average Bonchev–Trinajstić information content (AvgIpc) is 3.79. The molecule has 7 aromatic carbocycles. The van der Waals surface area contributed by atoms with Crippen LogP contribution in [0.2, 0.25) is 0 Å². The van der Waals surface area contributed by atoms with Crippen LogP contribution < -0.4 is 4.90 Å². The zero-order chi connectivity index (χ0) is 42.7. The van der Waals surface area contributed by atoms with Crippen molar-refractivity contribution < 1.29 is 0 Å². The van der Waals surface area contributed by atoms with Crippen LogP contribution in [0.1, 0.15) is 113 Å². The van der Waals surface area contributed by atoms with Crippen molar-refractivity contribution in [1.29, 1.82) is 0 Å². The fourth-order valence-electron chi connectivity index (χ4n) is 12.8. The minimum absolute atomic E-state index is 0.0221. The van der Waals surface area contributed by atoms with E-state index in [9.17, 15) is 0 Å². The minimum Gasteiger partial charge on any atom is -0.337 e. The van der Waals surface area contributed by atoms with Crippen LogP contribution in [0.15, 0.2) is 188 Å². The summed E-state index contributed by atoms with van der Waals surface area (Å²) in [4.78, 5) is 2.69.